The number of halogens is 1. The van der Waals surface area contributed by atoms with Gasteiger partial charge in [-0.2, -0.15) is 0 Å². The van der Waals surface area contributed by atoms with Crippen LogP contribution in [-0.4, -0.2) is 18.7 Å². The van der Waals surface area contributed by atoms with Crippen LogP contribution in [0.2, 0.25) is 0 Å². The minimum Gasteiger partial charge on any atom is -0.376 e. The Morgan fingerprint density at radius 2 is 1.89 bits per heavy atom. The Bertz CT molecular complexity index is 397. The van der Waals surface area contributed by atoms with Gasteiger partial charge in [-0.25, -0.2) is 4.39 Å². The summed E-state index contributed by atoms with van der Waals surface area (Å²) in [4.78, 5) is 0. The van der Waals surface area contributed by atoms with Crippen LogP contribution in [0.4, 0.5) is 4.39 Å². The van der Waals surface area contributed by atoms with Crippen molar-refractivity contribution in [2.24, 2.45) is 5.92 Å². The van der Waals surface area contributed by atoms with E-state index in [0.29, 0.717) is 30.2 Å². The molecule has 18 heavy (non-hydrogen) atoms. The fourth-order valence-corrected chi connectivity index (χ4v) is 3.26. The highest BCUT2D eigenvalue weighted by atomic mass is 19.1. The van der Waals surface area contributed by atoms with E-state index in [1.165, 1.54) is 31.7 Å². The molecular weight excluding hydrogens is 229 g/mol. The number of ether oxygens (including phenoxy) is 1. The molecule has 2 aliphatic heterocycles. The Hall–Kier alpha value is -0.930. The number of rotatable bonds is 4. The number of fused-ring (bicyclic) bond motifs is 2. The van der Waals surface area contributed by atoms with E-state index in [1.807, 2.05) is 6.07 Å². The summed E-state index contributed by atoms with van der Waals surface area (Å²) >= 11 is 0. The van der Waals surface area contributed by atoms with E-state index in [2.05, 4.69) is 5.32 Å². The van der Waals surface area contributed by atoms with Gasteiger partial charge >= 0.3 is 0 Å². The molecule has 0 aromatic heterocycles. The number of nitrogens with one attached hydrogen (secondary N) is 1. The molecule has 3 heteroatoms. The van der Waals surface area contributed by atoms with Crippen molar-refractivity contribution in [3.63, 3.8) is 0 Å². The zero-order chi connectivity index (χ0) is 12.4. The average Bonchev–Trinajstić information content (AvgIpc) is 2.71. The molecule has 2 aliphatic rings. The predicted octanol–water partition coefficient (Wildman–Crippen LogP) is 2.87. The molecule has 1 aromatic rings. The van der Waals surface area contributed by atoms with Gasteiger partial charge in [-0.1, -0.05) is 18.2 Å². The van der Waals surface area contributed by atoms with Gasteiger partial charge < -0.3 is 10.1 Å². The lowest BCUT2D eigenvalue weighted by Crippen LogP contribution is -2.39. The summed E-state index contributed by atoms with van der Waals surface area (Å²) in [5.41, 5.74) is 0.661. The van der Waals surface area contributed by atoms with Crippen LogP contribution in [0, 0.1) is 11.7 Å². The van der Waals surface area contributed by atoms with E-state index in [-0.39, 0.29) is 5.82 Å². The zero-order valence-corrected chi connectivity index (χ0v) is 10.6. The monoisotopic (exact) mass is 249 g/mol. The first kappa shape index (κ1) is 12.1. The van der Waals surface area contributed by atoms with Crippen molar-refractivity contribution in [1.82, 2.24) is 5.32 Å². The molecule has 0 radical (unpaired) electrons. The number of hydrogen-bond donors (Lipinski definition) is 1. The molecule has 0 spiro atoms. The molecule has 0 aliphatic carbocycles. The second kappa shape index (κ2) is 5.37. The molecule has 2 heterocycles. The third kappa shape index (κ3) is 2.73. The summed E-state index contributed by atoms with van der Waals surface area (Å²) in [5.74, 6) is 0.485. The summed E-state index contributed by atoms with van der Waals surface area (Å²) in [6.45, 7) is 1.16. The first-order valence-electron chi connectivity index (χ1n) is 6.88. The van der Waals surface area contributed by atoms with Gasteiger partial charge in [0, 0.05) is 24.3 Å². The summed E-state index contributed by atoms with van der Waals surface area (Å²) in [5, 5.41) is 3.62. The Balaban J connectivity index is 1.46. The van der Waals surface area contributed by atoms with E-state index in [0.717, 1.165) is 6.61 Å². The third-order valence-corrected chi connectivity index (χ3v) is 4.14. The molecule has 3 rings (SSSR count). The second-order valence-corrected chi connectivity index (χ2v) is 5.58. The van der Waals surface area contributed by atoms with Crippen molar-refractivity contribution in [1.29, 1.82) is 0 Å². The third-order valence-electron chi connectivity index (χ3n) is 4.14. The molecule has 1 N–H and O–H groups in total. The van der Waals surface area contributed by atoms with Crippen molar-refractivity contribution < 1.29 is 9.13 Å². The van der Waals surface area contributed by atoms with Crippen LogP contribution in [0.3, 0.4) is 0 Å². The topological polar surface area (TPSA) is 21.3 Å². The molecule has 2 atom stereocenters. The van der Waals surface area contributed by atoms with Gasteiger partial charge in [0.15, 0.2) is 0 Å². The molecule has 98 valence electrons. The number of hydrogen-bond acceptors (Lipinski definition) is 2. The Labute approximate surface area is 108 Å². The number of piperidine rings is 1. The molecular formula is C15H20FNO. The maximum absolute atomic E-state index is 13.4. The van der Waals surface area contributed by atoms with Crippen molar-refractivity contribution in [2.75, 3.05) is 6.61 Å². The minimum atomic E-state index is -0.164. The lowest BCUT2D eigenvalue weighted by molar-refractivity contribution is 0.0671. The SMILES string of the molecule is Fc1ccccc1COCC1CC2CCC(C1)N2. The Morgan fingerprint density at radius 1 is 1.17 bits per heavy atom. The Morgan fingerprint density at radius 3 is 2.61 bits per heavy atom. The molecule has 2 unspecified atom stereocenters. The van der Waals surface area contributed by atoms with Crippen LogP contribution in [-0.2, 0) is 11.3 Å². The lowest BCUT2D eigenvalue weighted by Gasteiger charge is -2.28. The van der Waals surface area contributed by atoms with Crippen molar-refractivity contribution in [3.05, 3.63) is 35.6 Å². The number of benzene rings is 1. The summed E-state index contributed by atoms with van der Waals surface area (Å²) in [7, 11) is 0. The highest BCUT2D eigenvalue weighted by Gasteiger charge is 2.33. The summed E-state index contributed by atoms with van der Waals surface area (Å²) in [6, 6.07) is 8.25. The maximum atomic E-state index is 13.4. The van der Waals surface area contributed by atoms with Gasteiger partial charge in [0.25, 0.3) is 0 Å². The smallest absolute Gasteiger partial charge is 0.128 e. The molecule has 2 bridgehead atoms. The average molecular weight is 249 g/mol. The van der Waals surface area contributed by atoms with Gasteiger partial charge in [-0.3, -0.25) is 0 Å². The molecule has 2 fully saturated rings. The predicted molar refractivity (Wildman–Crippen MR) is 68.7 cm³/mol. The van der Waals surface area contributed by atoms with Crippen LogP contribution < -0.4 is 5.32 Å². The van der Waals surface area contributed by atoms with Crippen molar-refractivity contribution in [2.45, 2.75) is 44.4 Å². The normalized spacial score (nSPS) is 30.6. The van der Waals surface area contributed by atoms with Crippen LogP contribution in [0.25, 0.3) is 0 Å². The fraction of sp³-hybridized carbons (Fsp3) is 0.600. The fourth-order valence-electron chi connectivity index (χ4n) is 3.26. The van der Waals surface area contributed by atoms with Gasteiger partial charge in [-0.05, 0) is 37.7 Å². The molecule has 2 nitrogen and oxygen atoms in total. The van der Waals surface area contributed by atoms with Crippen LogP contribution >= 0.6 is 0 Å². The first-order valence-corrected chi connectivity index (χ1v) is 6.88. The van der Waals surface area contributed by atoms with Crippen LogP contribution in [0.1, 0.15) is 31.2 Å². The van der Waals surface area contributed by atoms with Gasteiger partial charge in [0.2, 0.25) is 0 Å². The van der Waals surface area contributed by atoms with Crippen LogP contribution in [0.15, 0.2) is 24.3 Å². The van der Waals surface area contributed by atoms with E-state index in [9.17, 15) is 4.39 Å². The highest BCUT2D eigenvalue weighted by Crippen LogP contribution is 2.31. The quantitative estimate of drug-likeness (QED) is 0.886. The zero-order valence-electron chi connectivity index (χ0n) is 10.6. The van der Waals surface area contributed by atoms with E-state index in [1.54, 1.807) is 12.1 Å². The van der Waals surface area contributed by atoms with Crippen molar-refractivity contribution in [3.8, 4) is 0 Å². The first-order chi connectivity index (χ1) is 8.81. The van der Waals surface area contributed by atoms with Gasteiger partial charge in [-0.15, -0.1) is 0 Å². The lowest BCUT2D eigenvalue weighted by atomic mass is 9.93. The molecule has 1 aromatic carbocycles. The van der Waals surface area contributed by atoms with Crippen LogP contribution in [0.5, 0.6) is 0 Å². The summed E-state index contributed by atoms with van der Waals surface area (Å²) < 4.78 is 19.1. The molecule has 0 saturated carbocycles. The molecule has 0 amide bonds. The largest absolute Gasteiger partial charge is 0.376 e. The standard InChI is InChI=1S/C15H20FNO/c16-15-4-2-1-3-12(15)10-18-9-11-7-13-5-6-14(8-11)17-13/h1-4,11,13-14,17H,5-10H2. The van der Waals surface area contributed by atoms with Gasteiger partial charge in [0.05, 0.1) is 6.61 Å². The Kier molecular flexibility index (Phi) is 3.62. The van der Waals surface area contributed by atoms with E-state index in [4.69, 9.17) is 4.74 Å². The summed E-state index contributed by atoms with van der Waals surface area (Å²) in [6.07, 6.45) is 5.06. The van der Waals surface area contributed by atoms with E-state index >= 15 is 0 Å². The molecule has 2 saturated heterocycles. The van der Waals surface area contributed by atoms with Gasteiger partial charge in [0.1, 0.15) is 5.82 Å². The highest BCUT2D eigenvalue weighted by molar-refractivity contribution is 5.16. The maximum Gasteiger partial charge on any atom is 0.128 e. The second-order valence-electron chi connectivity index (χ2n) is 5.58. The van der Waals surface area contributed by atoms with E-state index < -0.39 is 0 Å². The van der Waals surface area contributed by atoms with Crippen molar-refractivity contribution >= 4 is 0 Å². The minimum absolute atomic E-state index is 0.164.